The summed E-state index contributed by atoms with van der Waals surface area (Å²) < 4.78 is 10.2. The first-order valence-corrected chi connectivity index (χ1v) is 8.06. The van der Waals surface area contributed by atoms with Gasteiger partial charge in [-0.25, -0.2) is 9.59 Å². The van der Waals surface area contributed by atoms with E-state index >= 15 is 0 Å². The highest BCUT2D eigenvalue weighted by Gasteiger charge is 2.37. The Kier molecular flexibility index (Phi) is 5.59. The fourth-order valence-corrected chi connectivity index (χ4v) is 2.46. The van der Waals surface area contributed by atoms with Crippen LogP contribution < -0.4 is 5.32 Å². The Hall–Kier alpha value is -2.37. The molecule has 0 radical (unpaired) electrons. The Balaban J connectivity index is 2.03. The standard InChI is InChI=1S/C18H23NO5/c1-10(2)15(18(22)24-14-9-12(4)23-17(14)21)19-16(20)13-7-5-11(3)6-8-13/h5-8,10,12,14-15H,9H2,1-4H3,(H,19,20)/t12?,14?,15-/m0/s1. The minimum absolute atomic E-state index is 0.179. The number of cyclic esters (lactones) is 1. The SMILES string of the molecule is Cc1ccc(C(=O)N[C@H](C(=O)OC2CC(C)OC2=O)C(C)C)cc1. The quantitative estimate of drug-likeness (QED) is 0.834. The molecule has 24 heavy (non-hydrogen) atoms. The van der Waals surface area contributed by atoms with Crippen LogP contribution in [0.1, 0.15) is 43.1 Å². The van der Waals surface area contributed by atoms with Gasteiger partial charge >= 0.3 is 11.9 Å². The van der Waals surface area contributed by atoms with Gasteiger partial charge < -0.3 is 14.8 Å². The highest BCUT2D eigenvalue weighted by molar-refractivity contribution is 5.97. The number of carbonyl (C=O) groups is 3. The molecule has 1 saturated heterocycles. The number of carbonyl (C=O) groups excluding carboxylic acids is 3. The summed E-state index contributed by atoms with van der Waals surface area (Å²) in [6.07, 6.45) is -0.832. The van der Waals surface area contributed by atoms with Gasteiger partial charge in [0.25, 0.3) is 5.91 Å². The number of aryl methyl sites for hydroxylation is 1. The largest absolute Gasteiger partial charge is 0.460 e. The number of ether oxygens (including phenoxy) is 2. The molecule has 0 aromatic heterocycles. The second kappa shape index (κ2) is 7.47. The maximum absolute atomic E-state index is 12.4. The van der Waals surface area contributed by atoms with E-state index in [1.165, 1.54) is 0 Å². The molecule has 1 heterocycles. The topological polar surface area (TPSA) is 81.7 Å². The lowest BCUT2D eigenvalue weighted by Gasteiger charge is -2.22. The van der Waals surface area contributed by atoms with E-state index in [1.807, 2.05) is 19.1 Å². The van der Waals surface area contributed by atoms with E-state index in [-0.39, 0.29) is 17.9 Å². The third kappa shape index (κ3) is 4.34. The molecule has 0 bridgehead atoms. The van der Waals surface area contributed by atoms with E-state index in [4.69, 9.17) is 9.47 Å². The summed E-state index contributed by atoms with van der Waals surface area (Å²) in [6, 6.07) is 6.22. The lowest BCUT2D eigenvalue weighted by atomic mass is 10.0. The van der Waals surface area contributed by atoms with E-state index in [1.54, 1.807) is 32.9 Å². The van der Waals surface area contributed by atoms with Gasteiger partial charge in [0.15, 0.2) is 0 Å². The molecule has 0 saturated carbocycles. The van der Waals surface area contributed by atoms with Crippen molar-refractivity contribution in [2.24, 2.45) is 5.92 Å². The molecule has 1 N–H and O–H groups in total. The van der Waals surface area contributed by atoms with Crippen molar-refractivity contribution >= 4 is 17.8 Å². The van der Waals surface area contributed by atoms with Crippen LogP contribution in [0, 0.1) is 12.8 Å². The van der Waals surface area contributed by atoms with Crippen LogP contribution in [0.15, 0.2) is 24.3 Å². The third-order valence-corrected chi connectivity index (χ3v) is 3.91. The average molecular weight is 333 g/mol. The van der Waals surface area contributed by atoms with Crippen LogP contribution in [0.4, 0.5) is 0 Å². The van der Waals surface area contributed by atoms with Gasteiger partial charge in [-0.1, -0.05) is 31.5 Å². The maximum Gasteiger partial charge on any atom is 0.347 e. The highest BCUT2D eigenvalue weighted by atomic mass is 16.6. The first-order chi connectivity index (χ1) is 11.3. The molecule has 1 aromatic carbocycles. The summed E-state index contributed by atoms with van der Waals surface area (Å²) in [5.74, 6) is -1.69. The minimum atomic E-state index is -0.898. The van der Waals surface area contributed by atoms with Crippen LogP contribution in [0.5, 0.6) is 0 Å². The first kappa shape index (κ1) is 18.0. The van der Waals surface area contributed by atoms with Gasteiger partial charge in [-0.2, -0.15) is 0 Å². The van der Waals surface area contributed by atoms with Crippen LogP contribution in [0.25, 0.3) is 0 Å². The summed E-state index contributed by atoms with van der Waals surface area (Å²) in [6.45, 7) is 7.27. The molecule has 1 aliphatic heterocycles. The number of rotatable bonds is 5. The molecule has 0 spiro atoms. The van der Waals surface area contributed by atoms with Crippen molar-refractivity contribution in [2.45, 2.75) is 52.4 Å². The van der Waals surface area contributed by atoms with Gasteiger partial charge in [-0.3, -0.25) is 4.79 Å². The third-order valence-electron chi connectivity index (χ3n) is 3.91. The molecule has 1 aliphatic rings. The Morgan fingerprint density at radius 2 is 1.88 bits per heavy atom. The number of esters is 2. The van der Waals surface area contributed by atoms with Gasteiger partial charge in [0.1, 0.15) is 12.1 Å². The molecule has 1 amide bonds. The molecule has 130 valence electrons. The zero-order valence-corrected chi connectivity index (χ0v) is 14.4. The van der Waals surface area contributed by atoms with Crippen molar-refractivity contribution in [3.05, 3.63) is 35.4 Å². The van der Waals surface area contributed by atoms with Crippen LogP contribution >= 0.6 is 0 Å². The van der Waals surface area contributed by atoms with Gasteiger partial charge in [-0.15, -0.1) is 0 Å². The fraction of sp³-hybridized carbons (Fsp3) is 0.500. The van der Waals surface area contributed by atoms with Gasteiger partial charge in [0, 0.05) is 12.0 Å². The van der Waals surface area contributed by atoms with Crippen molar-refractivity contribution in [1.82, 2.24) is 5.32 Å². The molecule has 2 rings (SSSR count). The smallest absolute Gasteiger partial charge is 0.347 e. The van der Waals surface area contributed by atoms with Crippen LogP contribution in [-0.2, 0) is 19.1 Å². The molecule has 6 heteroatoms. The Morgan fingerprint density at radius 1 is 1.25 bits per heavy atom. The summed E-state index contributed by atoms with van der Waals surface area (Å²) in [4.78, 5) is 36.3. The summed E-state index contributed by atoms with van der Waals surface area (Å²) in [7, 11) is 0. The average Bonchev–Trinajstić information content (AvgIpc) is 2.82. The summed E-state index contributed by atoms with van der Waals surface area (Å²) in [5.41, 5.74) is 1.51. The molecule has 1 fully saturated rings. The number of hydrogen-bond donors (Lipinski definition) is 1. The fourth-order valence-electron chi connectivity index (χ4n) is 2.46. The van der Waals surface area contributed by atoms with Crippen molar-refractivity contribution in [1.29, 1.82) is 0 Å². The van der Waals surface area contributed by atoms with Gasteiger partial charge in [0.2, 0.25) is 6.10 Å². The van der Waals surface area contributed by atoms with Crippen LogP contribution in [0.3, 0.4) is 0 Å². The number of benzene rings is 1. The molecular formula is C18H23NO5. The van der Waals surface area contributed by atoms with Crippen molar-refractivity contribution in [3.63, 3.8) is 0 Å². The Morgan fingerprint density at radius 3 is 2.38 bits per heavy atom. The van der Waals surface area contributed by atoms with E-state index in [0.29, 0.717) is 12.0 Å². The molecule has 1 aromatic rings. The minimum Gasteiger partial charge on any atom is -0.460 e. The molecule has 0 aliphatic carbocycles. The normalized spacial score (nSPS) is 21.3. The molecule has 2 unspecified atom stereocenters. The molecular weight excluding hydrogens is 310 g/mol. The number of hydrogen-bond acceptors (Lipinski definition) is 5. The predicted octanol–water partition coefficient (Wildman–Crippen LogP) is 2.00. The second-order valence-electron chi connectivity index (χ2n) is 6.47. The van der Waals surface area contributed by atoms with E-state index in [0.717, 1.165) is 5.56 Å². The van der Waals surface area contributed by atoms with Gasteiger partial charge in [-0.05, 0) is 31.9 Å². The van der Waals surface area contributed by atoms with E-state index in [9.17, 15) is 14.4 Å². The zero-order valence-electron chi connectivity index (χ0n) is 14.4. The maximum atomic E-state index is 12.4. The van der Waals surface area contributed by atoms with E-state index in [2.05, 4.69) is 5.32 Å². The van der Waals surface area contributed by atoms with Crippen LogP contribution in [0.2, 0.25) is 0 Å². The van der Waals surface area contributed by atoms with Crippen LogP contribution in [-0.4, -0.2) is 36.1 Å². The molecule has 3 atom stereocenters. The lowest BCUT2D eigenvalue weighted by Crippen LogP contribution is -2.46. The van der Waals surface area contributed by atoms with E-state index < -0.39 is 24.1 Å². The first-order valence-electron chi connectivity index (χ1n) is 8.06. The summed E-state index contributed by atoms with van der Waals surface area (Å²) in [5, 5.41) is 2.69. The predicted molar refractivity (Wildman–Crippen MR) is 87.3 cm³/mol. The Bertz CT molecular complexity index is 623. The van der Waals surface area contributed by atoms with Gasteiger partial charge in [0.05, 0.1) is 0 Å². The lowest BCUT2D eigenvalue weighted by molar-refractivity contribution is -0.162. The molecule has 6 nitrogen and oxygen atoms in total. The highest BCUT2D eigenvalue weighted by Crippen LogP contribution is 2.19. The van der Waals surface area contributed by atoms with Crippen molar-refractivity contribution < 1.29 is 23.9 Å². The Labute approximate surface area is 141 Å². The number of amides is 1. The second-order valence-corrected chi connectivity index (χ2v) is 6.47. The van der Waals surface area contributed by atoms with Crippen molar-refractivity contribution in [2.75, 3.05) is 0 Å². The number of nitrogens with one attached hydrogen (secondary N) is 1. The monoisotopic (exact) mass is 333 g/mol. The zero-order chi connectivity index (χ0) is 17.9. The summed E-state index contributed by atoms with van der Waals surface area (Å²) >= 11 is 0. The van der Waals surface area contributed by atoms with Crippen molar-refractivity contribution in [3.8, 4) is 0 Å².